The normalized spacial score (nSPS) is 27.6. The van der Waals surface area contributed by atoms with Crippen LogP contribution in [0.5, 0.6) is 0 Å². The van der Waals surface area contributed by atoms with E-state index in [9.17, 15) is 0 Å². The lowest BCUT2D eigenvalue weighted by Crippen LogP contribution is -2.45. The highest BCUT2D eigenvalue weighted by Gasteiger charge is 2.26. The molecule has 0 aliphatic heterocycles. The molecule has 1 rings (SSSR count). The minimum absolute atomic E-state index is 0.636. The summed E-state index contributed by atoms with van der Waals surface area (Å²) in [5.41, 5.74) is 0. The molecule has 0 aromatic rings. The highest BCUT2D eigenvalue weighted by atomic mass is 15.1. The lowest BCUT2D eigenvalue weighted by atomic mass is 10.00. The molecule has 1 aliphatic rings. The Labute approximate surface area is 102 Å². The van der Waals surface area contributed by atoms with E-state index >= 15 is 0 Å². The van der Waals surface area contributed by atoms with Crippen LogP contribution in [-0.4, -0.2) is 36.6 Å². The fourth-order valence-electron chi connectivity index (χ4n) is 3.03. The zero-order valence-electron chi connectivity index (χ0n) is 11.6. The van der Waals surface area contributed by atoms with E-state index in [1.807, 2.05) is 0 Å². The SMILES string of the molecule is CCC1CCCC1NC(C)CN(CC)CC. The first-order valence-electron chi connectivity index (χ1n) is 7.19. The van der Waals surface area contributed by atoms with E-state index in [2.05, 4.69) is 37.9 Å². The second-order valence-electron chi connectivity index (χ2n) is 5.26. The van der Waals surface area contributed by atoms with Crippen LogP contribution in [0.3, 0.4) is 0 Å². The van der Waals surface area contributed by atoms with Gasteiger partial charge in [-0.25, -0.2) is 0 Å². The molecule has 2 heteroatoms. The van der Waals surface area contributed by atoms with Crippen LogP contribution in [0, 0.1) is 5.92 Å². The Balaban J connectivity index is 2.29. The Bertz CT molecular complexity index is 178. The van der Waals surface area contributed by atoms with Crippen LogP contribution in [-0.2, 0) is 0 Å². The molecule has 16 heavy (non-hydrogen) atoms. The molecule has 0 radical (unpaired) electrons. The molecule has 0 bridgehead atoms. The van der Waals surface area contributed by atoms with Gasteiger partial charge in [0.05, 0.1) is 0 Å². The second kappa shape index (κ2) is 7.29. The molecular formula is C14H30N2. The fourth-order valence-corrected chi connectivity index (χ4v) is 3.03. The van der Waals surface area contributed by atoms with Gasteiger partial charge in [-0.15, -0.1) is 0 Å². The van der Waals surface area contributed by atoms with Gasteiger partial charge in [0.1, 0.15) is 0 Å². The number of hydrogen-bond acceptors (Lipinski definition) is 2. The molecule has 0 heterocycles. The molecule has 0 spiro atoms. The van der Waals surface area contributed by atoms with Crippen molar-refractivity contribution >= 4 is 0 Å². The lowest BCUT2D eigenvalue weighted by Gasteiger charge is -2.28. The molecule has 1 fully saturated rings. The number of hydrogen-bond donors (Lipinski definition) is 1. The first-order chi connectivity index (χ1) is 7.71. The summed E-state index contributed by atoms with van der Waals surface area (Å²) in [6, 6.07) is 1.42. The summed E-state index contributed by atoms with van der Waals surface area (Å²) in [5.74, 6) is 0.930. The van der Waals surface area contributed by atoms with Crippen molar-refractivity contribution in [3.05, 3.63) is 0 Å². The molecule has 0 saturated heterocycles. The third kappa shape index (κ3) is 4.06. The molecule has 0 amide bonds. The van der Waals surface area contributed by atoms with Gasteiger partial charge >= 0.3 is 0 Å². The van der Waals surface area contributed by atoms with Crippen LogP contribution >= 0.6 is 0 Å². The van der Waals surface area contributed by atoms with Crippen molar-refractivity contribution < 1.29 is 0 Å². The van der Waals surface area contributed by atoms with Crippen molar-refractivity contribution in [2.75, 3.05) is 19.6 Å². The topological polar surface area (TPSA) is 15.3 Å². The fraction of sp³-hybridized carbons (Fsp3) is 1.00. The summed E-state index contributed by atoms with van der Waals surface area (Å²) in [6.45, 7) is 12.7. The van der Waals surface area contributed by atoms with Gasteiger partial charge in [0.2, 0.25) is 0 Å². The zero-order chi connectivity index (χ0) is 12.0. The Hall–Kier alpha value is -0.0800. The Morgan fingerprint density at radius 3 is 2.44 bits per heavy atom. The largest absolute Gasteiger partial charge is 0.310 e. The minimum atomic E-state index is 0.636. The van der Waals surface area contributed by atoms with E-state index in [4.69, 9.17) is 0 Å². The molecule has 3 unspecified atom stereocenters. The van der Waals surface area contributed by atoms with Gasteiger partial charge < -0.3 is 10.2 Å². The van der Waals surface area contributed by atoms with Gasteiger partial charge in [-0.1, -0.05) is 33.6 Å². The maximum atomic E-state index is 3.84. The van der Waals surface area contributed by atoms with E-state index in [0.717, 1.165) is 12.0 Å². The predicted octanol–water partition coefficient (Wildman–Crippen LogP) is 2.89. The minimum Gasteiger partial charge on any atom is -0.310 e. The van der Waals surface area contributed by atoms with Crippen molar-refractivity contribution in [3.8, 4) is 0 Å². The summed E-state index contributed by atoms with van der Waals surface area (Å²) in [6.07, 6.45) is 5.59. The summed E-state index contributed by atoms with van der Waals surface area (Å²) in [5, 5.41) is 3.84. The highest BCUT2D eigenvalue weighted by Crippen LogP contribution is 2.28. The smallest absolute Gasteiger partial charge is 0.0169 e. The predicted molar refractivity (Wildman–Crippen MR) is 71.8 cm³/mol. The van der Waals surface area contributed by atoms with Crippen LogP contribution in [0.25, 0.3) is 0 Å². The van der Waals surface area contributed by atoms with Gasteiger partial charge in [-0.3, -0.25) is 0 Å². The summed E-state index contributed by atoms with van der Waals surface area (Å²) in [4.78, 5) is 2.51. The van der Waals surface area contributed by atoms with E-state index in [0.29, 0.717) is 6.04 Å². The molecule has 0 aromatic heterocycles. The first kappa shape index (κ1) is 14.0. The van der Waals surface area contributed by atoms with Gasteiger partial charge in [0, 0.05) is 18.6 Å². The molecular weight excluding hydrogens is 196 g/mol. The standard InChI is InChI=1S/C14H30N2/c1-5-13-9-8-10-14(13)15-12(4)11-16(6-2)7-3/h12-15H,5-11H2,1-4H3. The van der Waals surface area contributed by atoms with Crippen LogP contribution in [0.15, 0.2) is 0 Å². The second-order valence-corrected chi connectivity index (χ2v) is 5.26. The van der Waals surface area contributed by atoms with Gasteiger partial charge in [-0.05, 0) is 38.8 Å². The van der Waals surface area contributed by atoms with Crippen molar-refractivity contribution in [2.24, 2.45) is 5.92 Å². The monoisotopic (exact) mass is 226 g/mol. The number of nitrogens with zero attached hydrogens (tertiary/aromatic N) is 1. The highest BCUT2D eigenvalue weighted by molar-refractivity contribution is 4.84. The average molecular weight is 226 g/mol. The van der Waals surface area contributed by atoms with Crippen molar-refractivity contribution in [3.63, 3.8) is 0 Å². The third-order valence-corrected chi connectivity index (χ3v) is 4.11. The quantitative estimate of drug-likeness (QED) is 0.718. The lowest BCUT2D eigenvalue weighted by molar-refractivity contribution is 0.249. The molecule has 1 aliphatic carbocycles. The Morgan fingerprint density at radius 2 is 1.88 bits per heavy atom. The molecule has 2 nitrogen and oxygen atoms in total. The number of nitrogens with one attached hydrogen (secondary N) is 1. The van der Waals surface area contributed by atoms with E-state index < -0.39 is 0 Å². The van der Waals surface area contributed by atoms with Gasteiger partial charge in [0.15, 0.2) is 0 Å². The number of likely N-dealkylation sites (N-methyl/N-ethyl adjacent to an activating group) is 1. The summed E-state index contributed by atoms with van der Waals surface area (Å²) in [7, 11) is 0. The number of rotatable bonds is 7. The van der Waals surface area contributed by atoms with Crippen LogP contribution < -0.4 is 5.32 Å². The maximum absolute atomic E-state index is 3.84. The van der Waals surface area contributed by atoms with Crippen molar-refractivity contribution in [1.82, 2.24) is 10.2 Å². The van der Waals surface area contributed by atoms with E-state index in [-0.39, 0.29) is 0 Å². The van der Waals surface area contributed by atoms with E-state index in [1.54, 1.807) is 0 Å². The molecule has 3 atom stereocenters. The van der Waals surface area contributed by atoms with Crippen LogP contribution in [0.2, 0.25) is 0 Å². The van der Waals surface area contributed by atoms with Crippen LogP contribution in [0.1, 0.15) is 53.4 Å². The van der Waals surface area contributed by atoms with Gasteiger partial charge in [-0.2, -0.15) is 0 Å². The average Bonchev–Trinajstić information content (AvgIpc) is 2.73. The Morgan fingerprint density at radius 1 is 1.19 bits per heavy atom. The van der Waals surface area contributed by atoms with Gasteiger partial charge in [0.25, 0.3) is 0 Å². The summed E-state index contributed by atoms with van der Waals surface area (Å²) < 4.78 is 0. The van der Waals surface area contributed by atoms with Crippen LogP contribution in [0.4, 0.5) is 0 Å². The van der Waals surface area contributed by atoms with E-state index in [1.165, 1.54) is 45.3 Å². The van der Waals surface area contributed by atoms with Crippen molar-refractivity contribution in [1.29, 1.82) is 0 Å². The first-order valence-corrected chi connectivity index (χ1v) is 7.19. The maximum Gasteiger partial charge on any atom is 0.0169 e. The molecule has 96 valence electrons. The third-order valence-electron chi connectivity index (χ3n) is 4.11. The molecule has 1 saturated carbocycles. The van der Waals surface area contributed by atoms with Crippen molar-refractivity contribution in [2.45, 2.75) is 65.5 Å². The zero-order valence-corrected chi connectivity index (χ0v) is 11.6. The Kier molecular flexibility index (Phi) is 6.37. The summed E-state index contributed by atoms with van der Waals surface area (Å²) >= 11 is 0. The molecule has 1 N–H and O–H groups in total. The molecule has 0 aromatic carbocycles.